The first-order valence-electron chi connectivity index (χ1n) is 5.74. The molecular formula is C14H26O. The second-order valence-electron chi connectivity index (χ2n) is 5.29. The molecule has 1 nitrogen and oxygen atoms in total. The van der Waals surface area contributed by atoms with Crippen molar-refractivity contribution in [1.29, 1.82) is 0 Å². The monoisotopic (exact) mass is 210 g/mol. The summed E-state index contributed by atoms with van der Waals surface area (Å²) in [6, 6.07) is 0. The molecule has 0 rings (SSSR count). The molecule has 0 saturated heterocycles. The van der Waals surface area contributed by atoms with E-state index in [4.69, 9.17) is 4.74 Å². The molecule has 0 saturated carbocycles. The third-order valence-corrected chi connectivity index (χ3v) is 2.04. The summed E-state index contributed by atoms with van der Waals surface area (Å²) in [5, 5.41) is 0. The van der Waals surface area contributed by atoms with Crippen LogP contribution < -0.4 is 0 Å². The molecule has 0 heterocycles. The second-order valence-corrected chi connectivity index (χ2v) is 5.29. The summed E-state index contributed by atoms with van der Waals surface area (Å²) in [4.78, 5) is 0. The molecule has 0 aliphatic rings. The van der Waals surface area contributed by atoms with Gasteiger partial charge in [0.2, 0.25) is 0 Å². The van der Waals surface area contributed by atoms with Crippen LogP contribution in [0, 0.1) is 0 Å². The van der Waals surface area contributed by atoms with E-state index in [-0.39, 0.29) is 5.60 Å². The van der Waals surface area contributed by atoms with Crippen molar-refractivity contribution in [1.82, 2.24) is 0 Å². The van der Waals surface area contributed by atoms with Crippen molar-refractivity contribution in [2.24, 2.45) is 0 Å². The largest absolute Gasteiger partial charge is 0.372 e. The highest BCUT2D eigenvalue weighted by Crippen LogP contribution is 2.09. The van der Waals surface area contributed by atoms with Crippen LogP contribution in [0.15, 0.2) is 23.3 Å². The zero-order chi connectivity index (χ0) is 11.9. The molecule has 0 aromatic rings. The van der Waals surface area contributed by atoms with Gasteiger partial charge in [-0.15, -0.1) is 0 Å². The molecule has 0 amide bonds. The van der Waals surface area contributed by atoms with E-state index in [2.05, 4.69) is 53.7 Å². The van der Waals surface area contributed by atoms with Crippen molar-refractivity contribution in [3.8, 4) is 0 Å². The Bertz CT molecular complexity index is 224. The molecule has 0 aliphatic carbocycles. The maximum absolute atomic E-state index is 5.64. The second kappa shape index (κ2) is 6.84. The van der Waals surface area contributed by atoms with Gasteiger partial charge >= 0.3 is 0 Å². The molecule has 0 spiro atoms. The van der Waals surface area contributed by atoms with Crippen LogP contribution in [0.5, 0.6) is 0 Å². The van der Waals surface area contributed by atoms with E-state index in [0.29, 0.717) is 0 Å². The lowest BCUT2D eigenvalue weighted by Crippen LogP contribution is -2.19. The summed E-state index contributed by atoms with van der Waals surface area (Å²) < 4.78 is 5.64. The molecule has 0 aliphatic heterocycles. The van der Waals surface area contributed by atoms with Crippen LogP contribution in [0.1, 0.15) is 54.4 Å². The fourth-order valence-corrected chi connectivity index (χ4v) is 1.12. The van der Waals surface area contributed by atoms with E-state index < -0.39 is 0 Å². The zero-order valence-electron chi connectivity index (χ0n) is 11.2. The maximum Gasteiger partial charge on any atom is 0.0657 e. The molecule has 15 heavy (non-hydrogen) atoms. The lowest BCUT2D eigenvalue weighted by atomic mass is 10.1. The van der Waals surface area contributed by atoms with E-state index in [1.165, 1.54) is 11.1 Å². The minimum absolute atomic E-state index is 0.0311. The van der Waals surface area contributed by atoms with Crippen LogP contribution in [0.25, 0.3) is 0 Å². The molecule has 0 N–H and O–H groups in total. The van der Waals surface area contributed by atoms with E-state index >= 15 is 0 Å². The van der Waals surface area contributed by atoms with Gasteiger partial charge in [0.25, 0.3) is 0 Å². The normalized spacial score (nSPS) is 12.8. The van der Waals surface area contributed by atoms with Gasteiger partial charge in [-0.2, -0.15) is 0 Å². The first-order chi connectivity index (χ1) is 6.81. The smallest absolute Gasteiger partial charge is 0.0657 e. The molecule has 1 heteroatoms. The van der Waals surface area contributed by atoms with Gasteiger partial charge in [-0.25, -0.2) is 0 Å². The summed E-state index contributed by atoms with van der Waals surface area (Å²) in [5.41, 5.74) is 2.78. The Morgan fingerprint density at radius 2 is 1.67 bits per heavy atom. The Morgan fingerprint density at radius 3 is 2.13 bits per heavy atom. The van der Waals surface area contributed by atoms with Crippen LogP contribution in [0.3, 0.4) is 0 Å². The molecule has 0 atom stereocenters. The number of allylic oxidation sites excluding steroid dienone is 3. The van der Waals surface area contributed by atoms with E-state index in [0.717, 1.165) is 19.4 Å². The van der Waals surface area contributed by atoms with Gasteiger partial charge in [0.05, 0.1) is 12.2 Å². The van der Waals surface area contributed by atoms with Gasteiger partial charge in [-0.1, -0.05) is 23.3 Å². The van der Waals surface area contributed by atoms with Gasteiger partial charge in [0.1, 0.15) is 0 Å². The standard InChI is InChI=1S/C14H26O/c1-12(2)8-7-9-13(3)10-11-15-14(4,5)6/h8,10H,7,9,11H2,1-6H3/b13-10+. The molecule has 0 fully saturated rings. The first-order valence-corrected chi connectivity index (χ1v) is 5.74. The van der Waals surface area contributed by atoms with E-state index in [1.54, 1.807) is 0 Å². The number of hydrogen-bond donors (Lipinski definition) is 0. The summed E-state index contributed by atoms with van der Waals surface area (Å²) in [6.45, 7) is 13.4. The van der Waals surface area contributed by atoms with Gasteiger partial charge in [-0.3, -0.25) is 0 Å². The molecule has 0 aromatic heterocycles. The third-order valence-electron chi connectivity index (χ3n) is 2.04. The number of rotatable bonds is 5. The van der Waals surface area contributed by atoms with Crippen LogP contribution in [-0.4, -0.2) is 12.2 Å². The molecule has 0 unspecified atom stereocenters. The van der Waals surface area contributed by atoms with Crippen LogP contribution in [-0.2, 0) is 4.74 Å². The highest BCUT2D eigenvalue weighted by atomic mass is 16.5. The Labute approximate surface area is 95.2 Å². The summed E-state index contributed by atoms with van der Waals surface area (Å²) in [5.74, 6) is 0. The molecule has 0 aromatic carbocycles. The number of ether oxygens (including phenoxy) is 1. The van der Waals surface area contributed by atoms with Crippen LogP contribution >= 0.6 is 0 Å². The summed E-state index contributed by atoms with van der Waals surface area (Å²) in [6.07, 6.45) is 6.74. The van der Waals surface area contributed by atoms with E-state index in [1.807, 2.05) is 0 Å². The van der Waals surface area contributed by atoms with E-state index in [9.17, 15) is 0 Å². The SMILES string of the molecule is CC(C)=CCC/C(C)=C/COC(C)(C)C. The zero-order valence-corrected chi connectivity index (χ0v) is 11.2. The van der Waals surface area contributed by atoms with Gasteiger partial charge < -0.3 is 4.74 Å². The molecular weight excluding hydrogens is 184 g/mol. The fraction of sp³-hybridized carbons (Fsp3) is 0.714. The first kappa shape index (κ1) is 14.4. The molecule has 88 valence electrons. The average molecular weight is 210 g/mol. The van der Waals surface area contributed by atoms with Crippen LogP contribution in [0.2, 0.25) is 0 Å². The Morgan fingerprint density at radius 1 is 1.07 bits per heavy atom. The van der Waals surface area contributed by atoms with Crippen molar-refractivity contribution < 1.29 is 4.74 Å². The summed E-state index contributed by atoms with van der Waals surface area (Å²) >= 11 is 0. The van der Waals surface area contributed by atoms with Crippen molar-refractivity contribution in [2.75, 3.05) is 6.61 Å². The highest BCUT2D eigenvalue weighted by molar-refractivity contribution is 5.02. The molecule has 0 radical (unpaired) electrons. The van der Waals surface area contributed by atoms with Crippen molar-refractivity contribution >= 4 is 0 Å². The van der Waals surface area contributed by atoms with Crippen LogP contribution in [0.4, 0.5) is 0 Å². The van der Waals surface area contributed by atoms with Gasteiger partial charge in [-0.05, 0) is 54.4 Å². The minimum Gasteiger partial charge on any atom is -0.372 e. The third kappa shape index (κ3) is 11.4. The maximum atomic E-state index is 5.64. The Kier molecular flexibility index (Phi) is 6.58. The molecule has 0 bridgehead atoms. The highest BCUT2D eigenvalue weighted by Gasteiger charge is 2.07. The quantitative estimate of drug-likeness (QED) is 0.607. The van der Waals surface area contributed by atoms with Gasteiger partial charge in [0.15, 0.2) is 0 Å². The Hall–Kier alpha value is -0.560. The lowest BCUT2D eigenvalue weighted by molar-refractivity contribution is 0.0147. The van der Waals surface area contributed by atoms with Crippen molar-refractivity contribution in [2.45, 2.75) is 60.0 Å². The van der Waals surface area contributed by atoms with Crippen molar-refractivity contribution in [3.05, 3.63) is 23.3 Å². The number of hydrogen-bond acceptors (Lipinski definition) is 1. The minimum atomic E-state index is -0.0311. The average Bonchev–Trinajstić information content (AvgIpc) is 2.00. The fourth-order valence-electron chi connectivity index (χ4n) is 1.12. The predicted octanol–water partition coefficient (Wildman–Crippen LogP) is 4.49. The van der Waals surface area contributed by atoms with Gasteiger partial charge in [0, 0.05) is 0 Å². The lowest BCUT2D eigenvalue weighted by Gasteiger charge is -2.18. The summed E-state index contributed by atoms with van der Waals surface area (Å²) in [7, 11) is 0. The topological polar surface area (TPSA) is 9.23 Å². The predicted molar refractivity (Wildman–Crippen MR) is 68.1 cm³/mol. The Balaban J connectivity index is 3.75. The van der Waals surface area contributed by atoms with Crippen molar-refractivity contribution in [3.63, 3.8) is 0 Å².